The Morgan fingerprint density at radius 1 is 1.04 bits per heavy atom. The second-order valence-electron chi connectivity index (χ2n) is 6.95. The van der Waals surface area contributed by atoms with Crippen LogP contribution < -0.4 is 0 Å². The summed E-state index contributed by atoms with van der Waals surface area (Å²) in [7, 11) is -3.14. The summed E-state index contributed by atoms with van der Waals surface area (Å²) in [5, 5.41) is 0.749. The third-order valence-electron chi connectivity index (χ3n) is 5.28. The van der Waals surface area contributed by atoms with Crippen LogP contribution in [0.4, 0.5) is 0 Å². The zero-order valence-electron chi connectivity index (χ0n) is 14.7. The summed E-state index contributed by atoms with van der Waals surface area (Å²) in [6.45, 7) is 1.06. The van der Waals surface area contributed by atoms with Gasteiger partial charge in [0.05, 0.1) is 11.9 Å². The summed E-state index contributed by atoms with van der Waals surface area (Å²) in [5.41, 5.74) is 7.18. The van der Waals surface area contributed by atoms with Crippen LogP contribution in [-0.2, 0) is 22.9 Å². The normalized spacial score (nSPS) is 18.2. The average molecular weight is 389 g/mol. The maximum absolute atomic E-state index is 11.8. The lowest BCUT2D eigenvalue weighted by atomic mass is 9.89. The molecule has 4 rings (SSSR count). The van der Waals surface area contributed by atoms with Crippen LogP contribution >= 0.6 is 11.6 Å². The van der Waals surface area contributed by atoms with Crippen molar-refractivity contribution in [1.29, 1.82) is 0 Å². The van der Waals surface area contributed by atoms with Gasteiger partial charge >= 0.3 is 0 Å². The number of hydrogen-bond donors (Lipinski definition) is 0. The van der Waals surface area contributed by atoms with Gasteiger partial charge in [0, 0.05) is 29.9 Å². The molecule has 1 aliphatic carbocycles. The lowest BCUT2D eigenvalue weighted by molar-refractivity contribution is 0.391. The Morgan fingerprint density at radius 3 is 2.50 bits per heavy atom. The molecule has 4 nitrogen and oxygen atoms in total. The summed E-state index contributed by atoms with van der Waals surface area (Å²) >= 11 is 6.24. The van der Waals surface area contributed by atoms with E-state index in [-0.39, 0.29) is 0 Å². The molecule has 26 heavy (non-hydrogen) atoms. The molecule has 2 heterocycles. The van der Waals surface area contributed by atoms with Crippen molar-refractivity contribution >= 4 is 27.2 Å². The van der Waals surface area contributed by atoms with Gasteiger partial charge in [0.25, 0.3) is 0 Å². The van der Waals surface area contributed by atoms with Gasteiger partial charge in [0.2, 0.25) is 10.0 Å². The van der Waals surface area contributed by atoms with Gasteiger partial charge in [-0.2, -0.15) is 0 Å². The van der Waals surface area contributed by atoms with Crippen LogP contribution in [0.15, 0.2) is 42.1 Å². The molecule has 0 amide bonds. The van der Waals surface area contributed by atoms with Crippen molar-refractivity contribution in [1.82, 2.24) is 9.29 Å². The van der Waals surface area contributed by atoms with Gasteiger partial charge in [0.15, 0.2) is 0 Å². The molecule has 0 saturated carbocycles. The highest BCUT2D eigenvalue weighted by atomic mass is 35.5. The van der Waals surface area contributed by atoms with E-state index >= 15 is 0 Å². The first-order valence-electron chi connectivity index (χ1n) is 8.83. The Hall–Kier alpha value is -1.69. The molecule has 0 atom stereocenters. The van der Waals surface area contributed by atoms with Crippen molar-refractivity contribution < 1.29 is 8.42 Å². The molecule has 6 heteroatoms. The predicted molar refractivity (Wildman–Crippen MR) is 105 cm³/mol. The first-order chi connectivity index (χ1) is 12.4. The van der Waals surface area contributed by atoms with Gasteiger partial charge in [-0.1, -0.05) is 29.3 Å². The van der Waals surface area contributed by atoms with E-state index in [4.69, 9.17) is 16.6 Å². The van der Waals surface area contributed by atoms with E-state index in [1.54, 1.807) is 4.31 Å². The fourth-order valence-corrected chi connectivity index (χ4v) is 5.01. The van der Waals surface area contributed by atoms with Crippen LogP contribution in [0.25, 0.3) is 5.57 Å². The Bertz CT molecular complexity index is 989. The van der Waals surface area contributed by atoms with Gasteiger partial charge in [-0.3, -0.25) is 4.98 Å². The van der Waals surface area contributed by atoms with Crippen molar-refractivity contribution in [2.45, 2.75) is 25.7 Å². The number of rotatable bonds is 1. The average Bonchev–Trinajstić information content (AvgIpc) is 2.78. The molecule has 2 aromatic rings. The van der Waals surface area contributed by atoms with Crippen LogP contribution in [0.5, 0.6) is 0 Å². The molecule has 1 saturated heterocycles. The number of sulfonamides is 1. The van der Waals surface area contributed by atoms with Crippen LogP contribution in [0.3, 0.4) is 0 Å². The number of pyridine rings is 1. The lowest BCUT2D eigenvalue weighted by Gasteiger charge is -2.28. The molecule has 1 aliphatic heterocycles. The maximum Gasteiger partial charge on any atom is 0.211 e. The van der Waals surface area contributed by atoms with Crippen molar-refractivity contribution in [2.24, 2.45) is 0 Å². The zero-order chi connectivity index (χ0) is 18.3. The maximum atomic E-state index is 11.8. The minimum absolute atomic E-state index is 0.531. The van der Waals surface area contributed by atoms with E-state index in [9.17, 15) is 8.42 Å². The van der Waals surface area contributed by atoms with Crippen LogP contribution in [0.1, 0.15) is 35.2 Å². The molecule has 0 spiro atoms. The number of nitrogens with zero attached hydrogens (tertiary/aromatic N) is 2. The predicted octanol–water partition coefficient (Wildman–Crippen LogP) is 3.69. The molecule has 0 bridgehead atoms. The van der Waals surface area contributed by atoms with E-state index in [1.165, 1.54) is 34.1 Å². The van der Waals surface area contributed by atoms with Crippen LogP contribution in [0, 0.1) is 0 Å². The van der Waals surface area contributed by atoms with E-state index < -0.39 is 10.0 Å². The number of piperidine rings is 1. The summed E-state index contributed by atoms with van der Waals surface area (Å²) in [4.78, 5) is 4.70. The highest BCUT2D eigenvalue weighted by Gasteiger charge is 2.27. The fraction of sp³-hybridized carbons (Fsp3) is 0.350. The van der Waals surface area contributed by atoms with Gasteiger partial charge in [0.1, 0.15) is 0 Å². The van der Waals surface area contributed by atoms with Gasteiger partial charge in [-0.25, -0.2) is 12.7 Å². The smallest absolute Gasteiger partial charge is 0.211 e. The standard InChI is InChI=1S/C20H21ClN2O2S/c1-26(24,25)23-11-8-14(9-12-23)19-18-7-6-17(21)13-16(18)5-4-15-3-2-10-22-20(15)19/h2-3,6-7,10,13H,4-5,8-9,11-12H2,1H3. The fourth-order valence-electron chi connectivity index (χ4n) is 3.97. The Morgan fingerprint density at radius 2 is 1.77 bits per heavy atom. The number of benzene rings is 1. The topological polar surface area (TPSA) is 50.3 Å². The van der Waals surface area contributed by atoms with E-state index in [0.29, 0.717) is 13.1 Å². The van der Waals surface area contributed by atoms with Crippen molar-refractivity contribution in [2.75, 3.05) is 19.3 Å². The SMILES string of the molecule is CS(=O)(=O)N1CCC(=C2c3ccc(Cl)cc3CCc3cccnc32)CC1. The van der Waals surface area contributed by atoms with Crippen molar-refractivity contribution in [3.05, 3.63) is 69.5 Å². The van der Waals surface area contributed by atoms with E-state index in [0.717, 1.165) is 36.4 Å². The van der Waals surface area contributed by atoms with Crippen molar-refractivity contribution in [3.8, 4) is 0 Å². The molecule has 136 valence electrons. The first-order valence-corrected chi connectivity index (χ1v) is 11.1. The molecular weight excluding hydrogens is 368 g/mol. The molecular formula is C20H21ClN2O2S. The number of aryl methyl sites for hydroxylation is 2. The zero-order valence-corrected chi connectivity index (χ0v) is 16.3. The lowest BCUT2D eigenvalue weighted by Crippen LogP contribution is -2.35. The van der Waals surface area contributed by atoms with Gasteiger partial charge < -0.3 is 0 Å². The third-order valence-corrected chi connectivity index (χ3v) is 6.82. The minimum atomic E-state index is -3.14. The van der Waals surface area contributed by atoms with E-state index in [2.05, 4.69) is 18.2 Å². The Kier molecular flexibility index (Phi) is 4.63. The summed E-state index contributed by atoms with van der Waals surface area (Å²) in [6.07, 6.45) is 6.46. The van der Waals surface area contributed by atoms with Gasteiger partial charge in [-0.05, 0) is 60.6 Å². The molecule has 0 radical (unpaired) electrons. The highest BCUT2D eigenvalue weighted by Crippen LogP contribution is 2.38. The number of aromatic nitrogens is 1. The highest BCUT2D eigenvalue weighted by molar-refractivity contribution is 7.88. The molecule has 0 N–H and O–H groups in total. The number of halogens is 1. The summed E-state index contributed by atoms with van der Waals surface area (Å²) in [6, 6.07) is 10.2. The Labute approximate surface area is 159 Å². The van der Waals surface area contributed by atoms with E-state index in [1.807, 2.05) is 18.3 Å². The largest absolute Gasteiger partial charge is 0.256 e. The molecule has 0 unspecified atom stereocenters. The molecule has 1 aromatic heterocycles. The van der Waals surface area contributed by atoms with Crippen LogP contribution in [0.2, 0.25) is 5.02 Å². The quantitative estimate of drug-likeness (QED) is 0.748. The minimum Gasteiger partial charge on any atom is -0.256 e. The van der Waals surface area contributed by atoms with Crippen molar-refractivity contribution in [3.63, 3.8) is 0 Å². The number of hydrogen-bond acceptors (Lipinski definition) is 3. The Balaban J connectivity index is 1.85. The molecule has 2 aliphatic rings. The van der Waals surface area contributed by atoms with Crippen LogP contribution in [-0.4, -0.2) is 37.1 Å². The second-order valence-corrected chi connectivity index (χ2v) is 9.37. The first kappa shape index (κ1) is 17.7. The third kappa shape index (κ3) is 3.31. The summed E-state index contributed by atoms with van der Waals surface area (Å²) < 4.78 is 25.2. The number of fused-ring (bicyclic) bond motifs is 2. The molecule has 1 aromatic carbocycles. The molecule has 1 fully saturated rings. The van der Waals surface area contributed by atoms with Gasteiger partial charge in [-0.15, -0.1) is 0 Å². The monoisotopic (exact) mass is 388 g/mol. The summed E-state index contributed by atoms with van der Waals surface area (Å²) in [5.74, 6) is 0. The second kappa shape index (κ2) is 6.80.